The molecule has 0 spiro atoms. The van der Waals surface area contributed by atoms with E-state index in [1.54, 1.807) is 0 Å². The third kappa shape index (κ3) is 3.27. The number of hydrogen-bond acceptors (Lipinski definition) is 0. The average molecular weight is 155 g/mol. The maximum absolute atomic E-state index is 2.37. The van der Waals surface area contributed by atoms with Gasteiger partial charge in [0.2, 0.25) is 0 Å². The summed E-state index contributed by atoms with van der Waals surface area (Å²) in [6, 6.07) is 0. The normalized spacial score (nSPS) is 15.0. The maximum Gasteiger partial charge on any atom is -0.0326 e. The van der Waals surface area contributed by atoms with Crippen molar-refractivity contribution in [2.24, 2.45) is 11.3 Å². The Morgan fingerprint density at radius 1 is 1.27 bits per heavy atom. The van der Waals surface area contributed by atoms with E-state index in [1.165, 1.54) is 19.3 Å². The fourth-order valence-corrected chi connectivity index (χ4v) is 1.58. The Bertz CT molecular complexity index is 92.2. The minimum Gasteiger partial charge on any atom is -0.0654 e. The molecule has 0 aromatic rings. The van der Waals surface area contributed by atoms with Crippen LogP contribution in [-0.4, -0.2) is 0 Å². The summed E-state index contributed by atoms with van der Waals surface area (Å²) < 4.78 is 0. The smallest absolute Gasteiger partial charge is 0.0326 e. The molecule has 0 amide bonds. The summed E-state index contributed by atoms with van der Waals surface area (Å²) >= 11 is 0. The minimum atomic E-state index is 0.505. The van der Waals surface area contributed by atoms with Gasteiger partial charge in [0, 0.05) is 0 Å². The highest BCUT2D eigenvalue weighted by Crippen LogP contribution is 2.35. The molecule has 1 unspecified atom stereocenters. The Kier molecular flexibility index (Phi) is 4.79. The molecular formula is C11H23. The van der Waals surface area contributed by atoms with Crippen molar-refractivity contribution in [3.63, 3.8) is 0 Å². The molecule has 67 valence electrons. The van der Waals surface area contributed by atoms with Crippen molar-refractivity contribution in [3.8, 4) is 0 Å². The molecule has 0 nitrogen and oxygen atoms in total. The number of hydrogen-bond donors (Lipinski definition) is 0. The Labute approximate surface area is 72.4 Å². The predicted molar refractivity (Wildman–Crippen MR) is 52.4 cm³/mol. The molecule has 0 aliphatic rings. The van der Waals surface area contributed by atoms with Crippen LogP contribution in [0.25, 0.3) is 0 Å². The lowest BCUT2D eigenvalue weighted by molar-refractivity contribution is 0.220. The fraction of sp³-hybridized carbons (Fsp3) is 0.909. The SMILES string of the molecule is C[CH]C(CCC)C(C)(C)CC. The van der Waals surface area contributed by atoms with E-state index in [2.05, 4.69) is 41.0 Å². The van der Waals surface area contributed by atoms with Crippen molar-refractivity contribution >= 4 is 0 Å². The molecule has 0 aliphatic carbocycles. The van der Waals surface area contributed by atoms with Crippen molar-refractivity contribution < 1.29 is 0 Å². The van der Waals surface area contributed by atoms with Gasteiger partial charge in [-0.3, -0.25) is 0 Å². The third-order valence-corrected chi connectivity index (χ3v) is 2.92. The van der Waals surface area contributed by atoms with Gasteiger partial charge in [0.1, 0.15) is 0 Å². The zero-order valence-electron chi connectivity index (χ0n) is 8.78. The fourth-order valence-electron chi connectivity index (χ4n) is 1.58. The molecule has 1 atom stereocenters. The van der Waals surface area contributed by atoms with Gasteiger partial charge in [-0.25, -0.2) is 0 Å². The van der Waals surface area contributed by atoms with Gasteiger partial charge in [0.05, 0.1) is 0 Å². The van der Waals surface area contributed by atoms with E-state index in [1.807, 2.05) is 0 Å². The Hall–Kier alpha value is 0. The average Bonchev–Trinajstić information content (AvgIpc) is 2.00. The Balaban J connectivity index is 3.99. The molecule has 0 saturated carbocycles. The van der Waals surface area contributed by atoms with Gasteiger partial charge >= 0.3 is 0 Å². The van der Waals surface area contributed by atoms with E-state index in [0.29, 0.717) is 5.41 Å². The van der Waals surface area contributed by atoms with E-state index in [0.717, 1.165) is 5.92 Å². The summed E-state index contributed by atoms with van der Waals surface area (Å²) in [5.41, 5.74) is 0.505. The molecule has 0 aliphatic heterocycles. The lowest BCUT2D eigenvalue weighted by Crippen LogP contribution is -2.22. The highest BCUT2D eigenvalue weighted by molar-refractivity contribution is 4.84. The van der Waals surface area contributed by atoms with Crippen LogP contribution in [0.15, 0.2) is 0 Å². The van der Waals surface area contributed by atoms with E-state index >= 15 is 0 Å². The van der Waals surface area contributed by atoms with Crippen LogP contribution in [0.3, 0.4) is 0 Å². The summed E-state index contributed by atoms with van der Waals surface area (Å²) in [6.07, 6.45) is 6.30. The van der Waals surface area contributed by atoms with E-state index < -0.39 is 0 Å². The van der Waals surface area contributed by atoms with E-state index in [9.17, 15) is 0 Å². The molecule has 0 aromatic heterocycles. The predicted octanol–water partition coefficient (Wildman–Crippen LogP) is 4.06. The van der Waals surface area contributed by atoms with E-state index in [-0.39, 0.29) is 0 Å². The largest absolute Gasteiger partial charge is 0.0654 e. The van der Waals surface area contributed by atoms with Gasteiger partial charge < -0.3 is 0 Å². The van der Waals surface area contributed by atoms with Gasteiger partial charge in [-0.2, -0.15) is 0 Å². The molecule has 0 rings (SSSR count). The second kappa shape index (κ2) is 4.79. The van der Waals surface area contributed by atoms with Crippen molar-refractivity contribution in [3.05, 3.63) is 6.42 Å². The Morgan fingerprint density at radius 3 is 2.09 bits per heavy atom. The molecule has 0 aromatic carbocycles. The quantitative estimate of drug-likeness (QED) is 0.561. The molecule has 0 bridgehead atoms. The summed E-state index contributed by atoms with van der Waals surface area (Å²) in [7, 11) is 0. The first kappa shape index (κ1) is 11.0. The Morgan fingerprint density at radius 2 is 1.82 bits per heavy atom. The van der Waals surface area contributed by atoms with Gasteiger partial charge in [-0.15, -0.1) is 0 Å². The first-order valence-electron chi connectivity index (χ1n) is 4.88. The first-order valence-corrected chi connectivity index (χ1v) is 4.88. The lowest BCUT2D eigenvalue weighted by atomic mass is 9.73. The lowest BCUT2D eigenvalue weighted by Gasteiger charge is -2.32. The summed E-state index contributed by atoms with van der Waals surface area (Å²) in [5, 5.41) is 0. The van der Waals surface area contributed by atoms with Crippen LogP contribution in [-0.2, 0) is 0 Å². The first-order chi connectivity index (χ1) is 5.08. The van der Waals surface area contributed by atoms with Crippen LogP contribution in [0.1, 0.15) is 53.9 Å². The van der Waals surface area contributed by atoms with Gasteiger partial charge in [-0.05, 0) is 24.2 Å². The summed E-state index contributed by atoms with van der Waals surface area (Å²) in [6.45, 7) is 11.5. The highest BCUT2D eigenvalue weighted by Gasteiger charge is 2.24. The number of rotatable bonds is 5. The van der Waals surface area contributed by atoms with Crippen LogP contribution in [0.5, 0.6) is 0 Å². The summed E-state index contributed by atoms with van der Waals surface area (Å²) in [4.78, 5) is 0. The molecule has 0 saturated heterocycles. The maximum atomic E-state index is 2.37. The van der Waals surface area contributed by atoms with Crippen molar-refractivity contribution in [1.82, 2.24) is 0 Å². The molecule has 0 heterocycles. The molecule has 0 fully saturated rings. The minimum absolute atomic E-state index is 0.505. The van der Waals surface area contributed by atoms with Crippen LogP contribution >= 0.6 is 0 Å². The second-order valence-corrected chi connectivity index (χ2v) is 4.07. The third-order valence-electron chi connectivity index (χ3n) is 2.92. The summed E-state index contributed by atoms with van der Waals surface area (Å²) in [5.74, 6) is 0.803. The monoisotopic (exact) mass is 155 g/mol. The van der Waals surface area contributed by atoms with Crippen LogP contribution < -0.4 is 0 Å². The topological polar surface area (TPSA) is 0 Å². The van der Waals surface area contributed by atoms with Crippen molar-refractivity contribution in [2.75, 3.05) is 0 Å². The van der Waals surface area contributed by atoms with Gasteiger partial charge in [0.25, 0.3) is 0 Å². The molecule has 0 N–H and O–H groups in total. The molecule has 1 radical (unpaired) electrons. The van der Waals surface area contributed by atoms with Crippen LogP contribution in [0.4, 0.5) is 0 Å². The van der Waals surface area contributed by atoms with Gasteiger partial charge in [0.15, 0.2) is 0 Å². The van der Waals surface area contributed by atoms with Crippen molar-refractivity contribution in [1.29, 1.82) is 0 Å². The van der Waals surface area contributed by atoms with E-state index in [4.69, 9.17) is 0 Å². The molecule has 0 heteroatoms. The van der Waals surface area contributed by atoms with Crippen LogP contribution in [0.2, 0.25) is 0 Å². The zero-order valence-corrected chi connectivity index (χ0v) is 8.78. The zero-order chi connectivity index (χ0) is 8.91. The second-order valence-electron chi connectivity index (χ2n) is 4.07. The molecular weight excluding hydrogens is 132 g/mol. The van der Waals surface area contributed by atoms with Crippen molar-refractivity contribution in [2.45, 2.75) is 53.9 Å². The molecule has 11 heavy (non-hydrogen) atoms. The highest BCUT2D eigenvalue weighted by atomic mass is 14.3. The standard InChI is InChI=1S/C11H23/c1-6-9-10(7-2)11(4,5)8-3/h7,10H,6,8-9H2,1-5H3. The van der Waals surface area contributed by atoms with Gasteiger partial charge in [-0.1, -0.05) is 47.5 Å². The van der Waals surface area contributed by atoms with Crippen LogP contribution in [0, 0.1) is 17.8 Å².